The van der Waals surface area contributed by atoms with Crippen LogP contribution < -0.4 is 0 Å². The summed E-state index contributed by atoms with van der Waals surface area (Å²) < 4.78 is 35.7. The highest BCUT2D eigenvalue weighted by Crippen LogP contribution is 2.16. The molecule has 0 aliphatic rings. The van der Waals surface area contributed by atoms with E-state index in [0.717, 1.165) is 12.1 Å². The molecule has 0 aromatic heterocycles. The second-order valence-corrected chi connectivity index (χ2v) is 5.09. The van der Waals surface area contributed by atoms with Gasteiger partial charge in [-0.3, -0.25) is 0 Å². The number of hydrogen-bond acceptors (Lipinski definition) is 3. The second-order valence-electron chi connectivity index (χ2n) is 2.81. The summed E-state index contributed by atoms with van der Waals surface area (Å²) in [4.78, 5) is 0.0467. The Morgan fingerprint density at radius 1 is 1.43 bits per heavy atom. The molecule has 5 heteroatoms. The van der Waals surface area contributed by atoms with Crippen molar-refractivity contribution in [2.45, 2.75) is 18.4 Å². The highest BCUT2D eigenvalue weighted by molar-refractivity contribution is 7.91. The van der Waals surface area contributed by atoms with Gasteiger partial charge < -0.3 is 5.11 Å². The minimum atomic E-state index is -3.33. The Morgan fingerprint density at radius 3 is 2.57 bits per heavy atom. The van der Waals surface area contributed by atoms with E-state index in [-0.39, 0.29) is 16.2 Å². The van der Waals surface area contributed by atoms with Crippen LogP contribution in [0.3, 0.4) is 0 Å². The van der Waals surface area contributed by atoms with Gasteiger partial charge in [-0.15, -0.1) is 0 Å². The number of sulfone groups is 1. The van der Waals surface area contributed by atoms with Crippen LogP contribution in [0.15, 0.2) is 23.1 Å². The summed E-state index contributed by atoms with van der Waals surface area (Å²) >= 11 is 0. The van der Waals surface area contributed by atoms with Gasteiger partial charge in [0.25, 0.3) is 0 Å². The topological polar surface area (TPSA) is 54.4 Å². The maximum absolute atomic E-state index is 12.9. The molecule has 0 aliphatic carbocycles. The van der Waals surface area contributed by atoms with Crippen molar-refractivity contribution in [3.05, 3.63) is 29.6 Å². The Bertz CT molecular complexity index is 426. The van der Waals surface area contributed by atoms with Crippen LogP contribution in [0.2, 0.25) is 0 Å². The Balaban J connectivity index is 3.26. The molecule has 0 atom stereocenters. The summed E-state index contributed by atoms with van der Waals surface area (Å²) in [6, 6.07) is 3.41. The van der Waals surface area contributed by atoms with Gasteiger partial charge in [0.2, 0.25) is 0 Å². The summed E-state index contributed by atoms with van der Waals surface area (Å²) in [5, 5.41) is 8.75. The van der Waals surface area contributed by atoms with E-state index in [4.69, 9.17) is 5.11 Å². The van der Waals surface area contributed by atoms with E-state index in [2.05, 4.69) is 0 Å². The maximum atomic E-state index is 12.9. The molecule has 0 bridgehead atoms. The maximum Gasteiger partial charge on any atom is 0.178 e. The van der Waals surface area contributed by atoms with Crippen LogP contribution in [-0.2, 0) is 16.4 Å². The Morgan fingerprint density at radius 2 is 2.07 bits per heavy atom. The largest absolute Gasteiger partial charge is 0.392 e. The normalized spacial score (nSPS) is 11.6. The number of rotatable bonds is 3. The van der Waals surface area contributed by atoms with Gasteiger partial charge in [0.15, 0.2) is 9.84 Å². The van der Waals surface area contributed by atoms with Crippen LogP contribution in [0.25, 0.3) is 0 Å². The molecule has 0 radical (unpaired) electrons. The first kappa shape index (κ1) is 11.1. The number of aliphatic hydroxyl groups is 1. The third kappa shape index (κ3) is 2.10. The highest BCUT2D eigenvalue weighted by Gasteiger charge is 2.13. The zero-order valence-corrected chi connectivity index (χ0v) is 8.51. The van der Waals surface area contributed by atoms with Crippen LogP contribution in [0.4, 0.5) is 4.39 Å². The van der Waals surface area contributed by atoms with E-state index in [0.29, 0.717) is 0 Å². The minimum Gasteiger partial charge on any atom is -0.392 e. The van der Waals surface area contributed by atoms with Gasteiger partial charge in [-0.25, -0.2) is 12.8 Å². The molecular formula is C9H11FO3S. The Kier molecular flexibility index (Phi) is 3.23. The number of aliphatic hydroxyl groups excluding tert-OH is 1. The first-order valence-corrected chi connectivity index (χ1v) is 5.78. The van der Waals surface area contributed by atoms with Crippen LogP contribution >= 0.6 is 0 Å². The molecule has 3 nitrogen and oxygen atoms in total. The molecule has 0 saturated heterocycles. The molecule has 0 saturated carbocycles. The Labute approximate surface area is 82.1 Å². The van der Waals surface area contributed by atoms with Crippen molar-refractivity contribution < 1.29 is 17.9 Å². The third-order valence-corrected chi connectivity index (χ3v) is 3.66. The predicted molar refractivity (Wildman–Crippen MR) is 50.0 cm³/mol. The van der Waals surface area contributed by atoms with Gasteiger partial charge in [-0.05, 0) is 18.2 Å². The molecule has 1 rings (SSSR count). The number of halogens is 1. The molecular weight excluding hydrogens is 207 g/mol. The van der Waals surface area contributed by atoms with Crippen LogP contribution in [-0.4, -0.2) is 19.3 Å². The first-order valence-electron chi connectivity index (χ1n) is 4.13. The molecule has 14 heavy (non-hydrogen) atoms. The summed E-state index contributed by atoms with van der Waals surface area (Å²) in [5.41, 5.74) is -0.000440. The lowest BCUT2D eigenvalue weighted by molar-refractivity contribution is 0.275. The smallest absolute Gasteiger partial charge is 0.178 e. The SMILES string of the molecule is CCS(=O)(=O)c1ccc(F)c(CO)c1. The van der Waals surface area contributed by atoms with Crippen molar-refractivity contribution in [1.82, 2.24) is 0 Å². The fourth-order valence-electron chi connectivity index (χ4n) is 1.03. The molecule has 78 valence electrons. The van der Waals surface area contributed by atoms with Crippen molar-refractivity contribution in [2.75, 3.05) is 5.75 Å². The van der Waals surface area contributed by atoms with Crippen molar-refractivity contribution >= 4 is 9.84 Å². The van der Waals surface area contributed by atoms with E-state index in [1.165, 1.54) is 13.0 Å². The van der Waals surface area contributed by atoms with Gasteiger partial charge in [0.05, 0.1) is 17.3 Å². The van der Waals surface area contributed by atoms with E-state index >= 15 is 0 Å². The lowest BCUT2D eigenvalue weighted by Crippen LogP contribution is -2.05. The molecule has 0 aliphatic heterocycles. The molecule has 0 spiro atoms. The molecule has 0 fully saturated rings. The monoisotopic (exact) mass is 218 g/mol. The first-order chi connectivity index (χ1) is 6.51. The molecule has 0 heterocycles. The van der Waals surface area contributed by atoms with Crippen molar-refractivity contribution in [3.8, 4) is 0 Å². The molecule has 1 N–H and O–H groups in total. The quantitative estimate of drug-likeness (QED) is 0.773. The van der Waals surface area contributed by atoms with E-state index in [1.807, 2.05) is 0 Å². The minimum absolute atomic E-state index is 0.000440. The summed E-state index contributed by atoms with van der Waals surface area (Å²) in [6.07, 6.45) is 0. The average Bonchev–Trinajstić information content (AvgIpc) is 2.18. The summed E-state index contributed by atoms with van der Waals surface area (Å²) in [7, 11) is -3.33. The number of hydrogen-bond donors (Lipinski definition) is 1. The highest BCUT2D eigenvalue weighted by atomic mass is 32.2. The lowest BCUT2D eigenvalue weighted by atomic mass is 10.2. The molecule has 0 unspecified atom stereocenters. The summed E-state index contributed by atoms with van der Waals surface area (Å²) in [5.74, 6) is -0.633. The third-order valence-electron chi connectivity index (χ3n) is 1.93. The zero-order valence-electron chi connectivity index (χ0n) is 7.70. The van der Waals surface area contributed by atoms with Gasteiger partial charge in [0.1, 0.15) is 5.82 Å². The molecule has 1 aromatic rings. The lowest BCUT2D eigenvalue weighted by Gasteiger charge is -2.04. The fraction of sp³-hybridized carbons (Fsp3) is 0.333. The summed E-state index contributed by atoms with van der Waals surface area (Å²) in [6.45, 7) is 1.01. The van der Waals surface area contributed by atoms with Crippen molar-refractivity contribution in [2.24, 2.45) is 0 Å². The van der Waals surface area contributed by atoms with Gasteiger partial charge >= 0.3 is 0 Å². The zero-order chi connectivity index (χ0) is 10.8. The molecule has 1 aromatic carbocycles. The van der Waals surface area contributed by atoms with E-state index < -0.39 is 22.3 Å². The van der Waals surface area contributed by atoms with Crippen LogP contribution in [0, 0.1) is 5.82 Å². The van der Waals surface area contributed by atoms with Crippen molar-refractivity contribution in [3.63, 3.8) is 0 Å². The van der Waals surface area contributed by atoms with E-state index in [9.17, 15) is 12.8 Å². The van der Waals surface area contributed by atoms with Gasteiger partial charge in [0, 0.05) is 5.56 Å². The average molecular weight is 218 g/mol. The Hall–Kier alpha value is -0.940. The van der Waals surface area contributed by atoms with Crippen LogP contribution in [0.5, 0.6) is 0 Å². The second kappa shape index (κ2) is 4.06. The molecule has 0 amide bonds. The predicted octanol–water partition coefficient (Wildman–Crippen LogP) is 1.11. The van der Waals surface area contributed by atoms with Gasteiger partial charge in [-0.1, -0.05) is 6.92 Å². The van der Waals surface area contributed by atoms with E-state index in [1.54, 1.807) is 0 Å². The van der Waals surface area contributed by atoms with Crippen molar-refractivity contribution in [1.29, 1.82) is 0 Å². The van der Waals surface area contributed by atoms with Crippen LogP contribution in [0.1, 0.15) is 12.5 Å². The number of benzene rings is 1. The fourth-order valence-corrected chi connectivity index (χ4v) is 1.96. The standard InChI is InChI=1S/C9H11FO3S/c1-2-14(12,13)8-3-4-9(10)7(5-8)6-11/h3-5,11H,2,6H2,1H3. The van der Waals surface area contributed by atoms with Gasteiger partial charge in [-0.2, -0.15) is 0 Å².